The van der Waals surface area contributed by atoms with Gasteiger partial charge in [0.15, 0.2) is 0 Å². The van der Waals surface area contributed by atoms with Gasteiger partial charge in [0.1, 0.15) is 0 Å². The molecule has 0 aliphatic carbocycles. The molecule has 5 nitrogen and oxygen atoms in total. The van der Waals surface area contributed by atoms with Gasteiger partial charge in [-0.3, -0.25) is 9.88 Å². The number of pyridine rings is 1. The van der Waals surface area contributed by atoms with Crippen LogP contribution in [0.2, 0.25) is 0 Å². The van der Waals surface area contributed by atoms with Gasteiger partial charge < -0.3 is 10.6 Å². The van der Waals surface area contributed by atoms with Gasteiger partial charge in [-0.1, -0.05) is 79.6 Å². The van der Waals surface area contributed by atoms with Crippen molar-refractivity contribution in [2.75, 3.05) is 26.2 Å². The summed E-state index contributed by atoms with van der Waals surface area (Å²) in [6, 6.07) is 26.0. The Bertz CT molecular complexity index is 949. The minimum atomic E-state index is -0.0740. The van der Waals surface area contributed by atoms with E-state index >= 15 is 0 Å². The molecule has 1 aliphatic heterocycles. The largest absolute Gasteiger partial charge is 0.338 e. The van der Waals surface area contributed by atoms with E-state index in [-0.39, 0.29) is 6.03 Å². The van der Waals surface area contributed by atoms with Crippen molar-refractivity contribution in [3.05, 3.63) is 102 Å². The molecule has 184 valence electrons. The summed E-state index contributed by atoms with van der Waals surface area (Å²) in [5, 5.41) is 5.92. The lowest BCUT2D eigenvalue weighted by Gasteiger charge is -2.38. The maximum Gasteiger partial charge on any atom is 0.314 e. The Labute approximate surface area is 210 Å². The normalized spacial score (nSPS) is 14.7. The number of urea groups is 1. The quantitative estimate of drug-likeness (QED) is 0.359. The number of piperidine rings is 1. The molecule has 1 aromatic heterocycles. The van der Waals surface area contributed by atoms with E-state index in [0.29, 0.717) is 12.6 Å². The standard InChI is InChI=1S/C30H38N4O/c35-30(33-21-16-26-11-9-19-31-24-26)32-20-8-7-10-25-17-22-34(23-18-25)29(27-12-3-1-4-13-27)28-14-5-2-6-15-28/h1-6,9,11-15,19,24-25,29H,7-8,10,16-18,20-23H2,(H2,32,33,35). The number of aromatic nitrogens is 1. The molecular formula is C30H38N4O. The number of rotatable bonds is 11. The number of hydrogen-bond acceptors (Lipinski definition) is 3. The lowest BCUT2D eigenvalue weighted by molar-refractivity contribution is 0.146. The molecule has 3 aromatic rings. The highest BCUT2D eigenvalue weighted by Gasteiger charge is 2.27. The molecule has 0 bridgehead atoms. The average molecular weight is 471 g/mol. The van der Waals surface area contributed by atoms with Crippen LogP contribution in [0.3, 0.4) is 0 Å². The predicted molar refractivity (Wildman–Crippen MR) is 142 cm³/mol. The first kappa shape index (κ1) is 24.9. The third kappa shape index (κ3) is 7.93. The zero-order chi connectivity index (χ0) is 24.1. The van der Waals surface area contributed by atoms with Crippen LogP contribution in [0, 0.1) is 5.92 Å². The number of unbranched alkanes of at least 4 members (excludes halogenated alkanes) is 1. The van der Waals surface area contributed by atoms with Crippen molar-refractivity contribution < 1.29 is 4.79 Å². The van der Waals surface area contributed by atoms with Gasteiger partial charge in [-0.25, -0.2) is 4.79 Å². The number of nitrogens with one attached hydrogen (secondary N) is 2. The first-order valence-corrected chi connectivity index (χ1v) is 13.0. The van der Waals surface area contributed by atoms with Gasteiger partial charge in [0.25, 0.3) is 0 Å². The number of hydrogen-bond donors (Lipinski definition) is 2. The third-order valence-electron chi connectivity index (χ3n) is 6.99. The molecule has 35 heavy (non-hydrogen) atoms. The van der Waals surface area contributed by atoms with Crippen molar-refractivity contribution in [2.24, 2.45) is 5.92 Å². The maximum absolute atomic E-state index is 12.0. The Morgan fingerprint density at radius 1 is 0.857 bits per heavy atom. The van der Waals surface area contributed by atoms with Crippen molar-refractivity contribution in [1.82, 2.24) is 20.5 Å². The van der Waals surface area contributed by atoms with Crippen molar-refractivity contribution in [3.8, 4) is 0 Å². The molecule has 0 spiro atoms. The summed E-state index contributed by atoms with van der Waals surface area (Å²) in [6.07, 6.45) is 10.4. The van der Waals surface area contributed by atoms with Crippen molar-refractivity contribution in [1.29, 1.82) is 0 Å². The van der Waals surface area contributed by atoms with Crippen LogP contribution in [0.25, 0.3) is 0 Å². The summed E-state index contributed by atoms with van der Waals surface area (Å²) in [7, 11) is 0. The second-order valence-electron chi connectivity index (χ2n) is 9.49. The molecule has 5 heteroatoms. The summed E-state index contributed by atoms with van der Waals surface area (Å²) in [5.41, 5.74) is 3.89. The van der Waals surface area contributed by atoms with E-state index in [1.54, 1.807) is 6.20 Å². The van der Waals surface area contributed by atoms with Crippen LogP contribution >= 0.6 is 0 Å². The summed E-state index contributed by atoms with van der Waals surface area (Å²) < 4.78 is 0. The number of benzene rings is 2. The fourth-order valence-electron chi connectivity index (χ4n) is 5.07. The average Bonchev–Trinajstić information content (AvgIpc) is 2.91. The Morgan fingerprint density at radius 2 is 1.51 bits per heavy atom. The fraction of sp³-hybridized carbons (Fsp3) is 0.400. The molecule has 1 fully saturated rings. The van der Waals surface area contributed by atoms with Gasteiger partial charge in [-0.2, -0.15) is 0 Å². The van der Waals surface area contributed by atoms with E-state index in [2.05, 4.69) is 81.2 Å². The maximum atomic E-state index is 12.0. The Balaban J connectivity index is 1.13. The third-order valence-corrected chi connectivity index (χ3v) is 6.99. The topological polar surface area (TPSA) is 57.3 Å². The number of amides is 2. The number of carbonyl (C=O) groups excluding carboxylic acids is 1. The van der Waals surface area contributed by atoms with E-state index in [4.69, 9.17) is 0 Å². The Hall–Kier alpha value is -3.18. The number of nitrogens with zero attached hydrogens (tertiary/aromatic N) is 2. The SMILES string of the molecule is O=C(NCCCCC1CCN(C(c2ccccc2)c2ccccc2)CC1)NCCc1cccnc1. The highest BCUT2D eigenvalue weighted by molar-refractivity contribution is 5.73. The summed E-state index contributed by atoms with van der Waals surface area (Å²) in [6.45, 7) is 3.64. The summed E-state index contributed by atoms with van der Waals surface area (Å²) in [4.78, 5) is 18.7. The van der Waals surface area contributed by atoms with Crippen LogP contribution < -0.4 is 10.6 Å². The molecule has 4 rings (SSSR count). The van der Waals surface area contributed by atoms with Crippen LogP contribution in [0.4, 0.5) is 4.79 Å². The Morgan fingerprint density at radius 3 is 2.14 bits per heavy atom. The summed E-state index contributed by atoms with van der Waals surface area (Å²) >= 11 is 0. The number of likely N-dealkylation sites (tertiary alicyclic amines) is 1. The van der Waals surface area contributed by atoms with Crippen molar-refractivity contribution >= 4 is 6.03 Å². The molecule has 0 atom stereocenters. The van der Waals surface area contributed by atoms with Crippen LogP contribution in [0.15, 0.2) is 85.2 Å². The monoisotopic (exact) mass is 470 g/mol. The first-order valence-electron chi connectivity index (χ1n) is 13.0. The second-order valence-corrected chi connectivity index (χ2v) is 9.49. The smallest absolute Gasteiger partial charge is 0.314 e. The molecule has 2 heterocycles. The molecule has 2 N–H and O–H groups in total. The fourth-order valence-corrected chi connectivity index (χ4v) is 5.07. The van der Waals surface area contributed by atoms with Gasteiger partial charge in [0.05, 0.1) is 6.04 Å². The zero-order valence-electron chi connectivity index (χ0n) is 20.6. The molecule has 0 unspecified atom stereocenters. The lowest BCUT2D eigenvalue weighted by atomic mass is 9.88. The molecule has 0 radical (unpaired) electrons. The van der Waals surface area contributed by atoms with Crippen molar-refractivity contribution in [3.63, 3.8) is 0 Å². The van der Waals surface area contributed by atoms with E-state index in [9.17, 15) is 4.79 Å². The minimum absolute atomic E-state index is 0.0740. The van der Waals surface area contributed by atoms with E-state index in [0.717, 1.165) is 44.0 Å². The van der Waals surface area contributed by atoms with E-state index < -0.39 is 0 Å². The van der Waals surface area contributed by atoms with Gasteiger partial charge in [-0.05, 0) is 67.4 Å². The second kappa shape index (κ2) is 13.6. The van der Waals surface area contributed by atoms with Gasteiger partial charge in [0.2, 0.25) is 0 Å². The Kier molecular flexibility index (Phi) is 9.72. The van der Waals surface area contributed by atoms with Crippen LogP contribution in [0.5, 0.6) is 0 Å². The molecule has 1 saturated heterocycles. The molecule has 0 saturated carbocycles. The van der Waals surface area contributed by atoms with Crippen LogP contribution in [0.1, 0.15) is 54.8 Å². The van der Waals surface area contributed by atoms with Crippen LogP contribution in [-0.2, 0) is 6.42 Å². The molecule has 1 aliphatic rings. The van der Waals surface area contributed by atoms with Gasteiger partial charge in [-0.15, -0.1) is 0 Å². The minimum Gasteiger partial charge on any atom is -0.338 e. The first-order chi connectivity index (χ1) is 17.3. The highest BCUT2D eigenvalue weighted by atomic mass is 16.2. The van der Waals surface area contributed by atoms with Crippen molar-refractivity contribution in [2.45, 2.75) is 44.6 Å². The highest BCUT2D eigenvalue weighted by Crippen LogP contribution is 2.33. The number of carbonyl (C=O) groups is 1. The van der Waals surface area contributed by atoms with Gasteiger partial charge >= 0.3 is 6.03 Å². The molecule has 2 aromatic carbocycles. The predicted octanol–water partition coefficient (Wildman–Crippen LogP) is 5.60. The molecular weight excluding hydrogens is 432 g/mol. The van der Waals surface area contributed by atoms with E-state index in [1.807, 2.05) is 18.3 Å². The lowest BCUT2D eigenvalue weighted by Crippen LogP contribution is -2.37. The van der Waals surface area contributed by atoms with E-state index in [1.165, 1.54) is 36.8 Å². The summed E-state index contributed by atoms with van der Waals surface area (Å²) in [5.74, 6) is 0.784. The zero-order valence-corrected chi connectivity index (χ0v) is 20.6. The van der Waals surface area contributed by atoms with Gasteiger partial charge in [0, 0.05) is 25.5 Å². The molecule has 2 amide bonds. The van der Waals surface area contributed by atoms with Crippen LogP contribution in [-0.4, -0.2) is 42.1 Å².